The van der Waals surface area contributed by atoms with Crippen LogP contribution in [0.5, 0.6) is 11.5 Å². The van der Waals surface area contributed by atoms with Crippen LogP contribution in [0.4, 0.5) is 0 Å². The smallest absolute Gasteiger partial charge is 0.308 e. The first-order chi connectivity index (χ1) is 16.6. The van der Waals surface area contributed by atoms with Gasteiger partial charge in [-0.25, -0.2) is 0 Å². The molecule has 0 fully saturated rings. The highest BCUT2D eigenvalue weighted by atomic mass is 16.5. The van der Waals surface area contributed by atoms with Crippen LogP contribution in [0.1, 0.15) is 12.8 Å². The highest BCUT2D eigenvalue weighted by Gasteiger charge is 2.19. The van der Waals surface area contributed by atoms with Crippen LogP contribution in [0.2, 0.25) is 0 Å². The second kappa shape index (κ2) is 10.7. The lowest BCUT2D eigenvalue weighted by Crippen LogP contribution is -2.09. The molecule has 174 valence electrons. The van der Waals surface area contributed by atoms with Gasteiger partial charge in [0.05, 0.1) is 40.3 Å². The lowest BCUT2D eigenvalue weighted by molar-refractivity contribution is -0.142. The van der Waals surface area contributed by atoms with Crippen LogP contribution in [0.3, 0.4) is 0 Å². The molecule has 0 aliphatic rings. The molecule has 0 aromatic heterocycles. The lowest BCUT2D eigenvalue weighted by atomic mass is 9.92. The molecule has 0 aliphatic carbocycles. The molecule has 0 bridgehead atoms. The predicted molar refractivity (Wildman–Crippen MR) is 131 cm³/mol. The van der Waals surface area contributed by atoms with Crippen molar-refractivity contribution in [1.29, 1.82) is 0 Å². The van der Waals surface area contributed by atoms with Crippen molar-refractivity contribution in [2.45, 2.75) is 12.8 Å². The van der Waals surface area contributed by atoms with Gasteiger partial charge in [-0.1, -0.05) is 60.7 Å². The number of carbonyl (C=O) groups excluding carboxylic acids is 2. The Hall–Kier alpha value is -4.06. The average molecular weight is 459 g/mol. The minimum Gasteiger partial charge on any atom is -0.492 e. The fourth-order valence-corrected chi connectivity index (χ4v) is 3.95. The first-order valence-electron chi connectivity index (χ1n) is 11.1. The Labute approximate surface area is 198 Å². The van der Waals surface area contributed by atoms with Gasteiger partial charge in [0.25, 0.3) is 0 Å². The van der Waals surface area contributed by atoms with Crippen LogP contribution in [-0.4, -0.2) is 39.4 Å². The summed E-state index contributed by atoms with van der Waals surface area (Å²) in [6.45, 7) is 0.364. The summed E-state index contributed by atoms with van der Waals surface area (Å²) in [5.74, 6) is 0.604. The van der Waals surface area contributed by atoms with Crippen LogP contribution in [-0.2, 0) is 19.1 Å². The molecule has 4 aromatic carbocycles. The van der Waals surface area contributed by atoms with E-state index in [0.717, 1.165) is 32.7 Å². The van der Waals surface area contributed by atoms with Crippen LogP contribution in [0, 0.1) is 0 Å². The molecule has 0 amide bonds. The molecule has 0 radical (unpaired) electrons. The Morgan fingerprint density at radius 3 is 1.41 bits per heavy atom. The van der Waals surface area contributed by atoms with E-state index < -0.39 is 0 Å². The van der Waals surface area contributed by atoms with Crippen molar-refractivity contribution in [3.05, 3.63) is 72.8 Å². The topological polar surface area (TPSA) is 71.1 Å². The quantitative estimate of drug-likeness (QED) is 0.307. The molecule has 0 heterocycles. The lowest BCUT2D eigenvalue weighted by Gasteiger charge is -2.19. The van der Waals surface area contributed by atoms with Gasteiger partial charge >= 0.3 is 11.9 Å². The third kappa shape index (κ3) is 4.96. The van der Waals surface area contributed by atoms with Gasteiger partial charge in [0.2, 0.25) is 0 Å². The summed E-state index contributed by atoms with van der Waals surface area (Å²) in [6, 6.07) is 23.9. The number of hydrogen-bond donors (Lipinski definition) is 0. The van der Waals surface area contributed by atoms with Crippen LogP contribution >= 0.6 is 0 Å². The zero-order valence-electron chi connectivity index (χ0n) is 19.2. The molecule has 0 unspecified atom stereocenters. The summed E-state index contributed by atoms with van der Waals surface area (Å²) in [4.78, 5) is 23.3. The molecular weight excluding hydrogens is 432 g/mol. The van der Waals surface area contributed by atoms with Gasteiger partial charge in [0.1, 0.15) is 11.5 Å². The monoisotopic (exact) mass is 458 g/mol. The van der Waals surface area contributed by atoms with Gasteiger partial charge < -0.3 is 18.9 Å². The van der Waals surface area contributed by atoms with Crippen LogP contribution in [0.15, 0.2) is 72.8 Å². The van der Waals surface area contributed by atoms with E-state index in [0.29, 0.717) is 11.5 Å². The number of esters is 2. The third-order valence-corrected chi connectivity index (χ3v) is 5.61. The van der Waals surface area contributed by atoms with Crippen molar-refractivity contribution in [3.8, 4) is 22.6 Å². The molecule has 0 saturated heterocycles. The number of rotatable bonds is 9. The summed E-state index contributed by atoms with van der Waals surface area (Å²) >= 11 is 0. The van der Waals surface area contributed by atoms with E-state index >= 15 is 0 Å². The van der Waals surface area contributed by atoms with Gasteiger partial charge in [-0.15, -0.1) is 0 Å². The van der Waals surface area contributed by atoms with E-state index in [4.69, 9.17) is 18.9 Å². The standard InChI is InChI=1S/C28H26O6/c1-31-25(29)15-17-33-23-13-11-19-7-3-5-9-21(19)27(23)28-22-10-6-4-8-20(22)12-14-24(28)34-18-16-26(30)32-2/h3-14H,15-18H2,1-2H3. The zero-order chi connectivity index (χ0) is 23.9. The molecule has 0 atom stereocenters. The predicted octanol–water partition coefficient (Wildman–Crippen LogP) is 5.54. The summed E-state index contributed by atoms with van der Waals surface area (Å²) in [5, 5.41) is 4.08. The normalized spacial score (nSPS) is 10.8. The Morgan fingerprint density at radius 1 is 0.588 bits per heavy atom. The summed E-state index contributed by atoms with van der Waals surface area (Å²) in [5.41, 5.74) is 1.74. The molecule has 6 heteroatoms. The van der Waals surface area contributed by atoms with Crippen LogP contribution in [0.25, 0.3) is 32.7 Å². The van der Waals surface area contributed by atoms with Crippen molar-refractivity contribution < 1.29 is 28.5 Å². The van der Waals surface area contributed by atoms with E-state index in [1.807, 2.05) is 72.8 Å². The Kier molecular flexibility index (Phi) is 7.28. The second-order valence-corrected chi connectivity index (χ2v) is 7.67. The highest BCUT2D eigenvalue weighted by Crippen LogP contribution is 2.45. The summed E-state index contributed by atoms with van der Waals surface area (Å²) in [7, 11) is 2.72. The van der Waals surface area contributed by atoms with E-state index in [-0.39, 0.29) is 38.0 Å². The molecule has 34 heavy (non-hydrogen) atoms. The van der Waals surface area contributed by atoms with Gasteiger partial charge in [0.15, 0.2) is 0 Å². The molecule has 6 nitrogen and oxygen atoms in total. The number of carbonyl (C=O) groups is 2. The molecule has 0 aliphatic heterocycles. The fourth-order valence-electron chi connectivity index (χ4n) is 3.95. The Morgan fingerprint density at radius 2 is 1.00 bits per heavy atom. The molecular formula is C28H26O6. The number of benzene rings is 4. The summed E-state index contributed by atoms with van der Waals surface area (Å²) in [6.07, 6.45) is 0.279. The number of hydrogen-bond acceptors (Lipinski definition) is 6. The minimum absolute atomic E-state index is 0.140. The molecule has 4 aromatic rings. The highest BCUT2D eigenvalue weighted by molar-refractivity contribution is 6.09. The maximum atomic E-state index is 11.6. The maximum Gasteiger partial charge on any atom is 0.308 e. The first-order valence-corrected chi connectivity index (χ1v) is 11.1. The fraction of sp³-hybridized carbons (Fsp3) is 0.214. The third-order valence-electron chi connectivity index (χ3n) is 5.61. The average Bonchev–Trinajstić information content (AvgIpc) is 2.88. The number of fused-ring (bicyclic) bond motifs is 2. The Bertz CT molecular complexity index is 1220. The van der Waals surface area contributed by atoms with Crippen molar-refractivity contribution in [2.24, 2.45) is 0 Å². The largest absolute Gasteiger partial charge is 0.492 e. The summed E-state index contributed by atoms with van der Waals surface area (Å²) < 4.78 is 21.7. The van der Waals surface area contributed by atoms with Gasteiger partial charge in [-0.3, -0.25) is 9.59 Å². The van der Waals surface area contributed by atoms with Crippen molar-refractivity contribution in [1.82, 2.24) is 0 Å². The SMILES string of the molecule is COC(=O)CCOc1ccc2ccccc2c1-c1c(OCCC(=O)OC)ccc2ccccc12. The second-order valence-electron chi connectivity index (χ2n) is 7.67. The zero-order valence-corrected chi connectivity index (χ0v) is 19.2. The van der Waals surface area contributed by atoms with Crippen LogP contribution < -0.4 is 9.47 Å². The van der Waals surface area contributed by atoms with Crippen molar-refractivity contribution in [3.63, 3.8) is 0 Å². The first kappa shape index (κ1) is 23.1. The van der Waals surface area contributed by atoms with Gasteiger partial charge in [-0.05, 0) is 33.7 Å². The number of ether oxygens (including phenoxy) is 4. The van der Waals surface area contributed by atoms with Crippen molar-refractivity contribution >= 4 is 33.5 Å². The van der Waals surface area contributed by atoms with E-state index in [1.54, 1.807) is 0 Å². The van der Waals surface area contributed by atoms with Gasteiger partial charge in [-0.2, -0.15) is 0 Å². The van der Waals surface area contributed by atoms with E-state index in [1.165, 1.54) is 14.2 Å². The molecule has 0 saturated carbocycles. The van der Waals surface area contributed by atoms with Crippen molar-refractivity contribution in [2.75, 3.05) is 27.4 Å². The van der Waals surface area contributed by atoms with E-state index in [2.05, 4.69) is 0 Å². The molecule has 4 rings (SSSR count). The molecule has 0 spiro atoms. The molecule has 0 N–H and O–H groups in total. The Balaban J connectivity index is 1.87. The number of methoxy groups -OCH3 is 2. The maximum absolute atomic E-state index is 11.6. The minimum atomic E-state index is -0.334. The van der Waals surface area contributed by atoms with Gasteiger partial charge in [0, 0.05) is 11.1 Å². The van der Waals surface area contributed by atoms with E-state index in [9.17, 15) is 9.59 Å².